The summed E-state index contributed by atoms with van der Waals surface area (Å²) in [7, 11) is 1.43. The van der Waals surface area contributed by atoms with E-state index in [1.54, 1.807) is 0 Å². The molecule has 1 rings (SSSR count). The Bertz CT molecular complexity index is 376. The number of rotatable bonds is 9. The quantitative estimate of drug-likeness (QED) is 0.418. The number of methoxy groups -OCH3 is 1. The highest BCUT2D eigenvalue weighted by Crippen LogP contribution is 2.13. The molecule has 104 valence electrons. The molecule has 1 aromatic carbocycles. The van der Waals surface area contributed by atoms with Gasteiger partial charge >= 0.3 is 5.97 Å². The molecule has 0 radical (unpaired) electrons. The van der Waals surface area contributed by atoms with Gasteiger partial charge in [0.15, 0.2) is 0 Å². The monoisotopic (exact) mass is 261 g/mol. The maximum atomic E-state index is 11.7. The summed E-state index contributed by atoms with van der Waals surface area (Å²) >= 11 is 0. The van der Waals surface area contributed by atoms with Crippen LogP contribution in [-0.2, 0) is 9.53 Å². The second-order valence-electron chi connectivity index (χ2n) is 4.51. The van der Waals surface area contributed by atoms with E-state index < -0.39 is 0 Å². The molecule has 1 unspecified atom stereocenters. The van der Waals surface area contributed by atoms with Crippen molar-refractivity contribution in [3.63, 3.8) is 0 Å². The van der Waals surface area contributed by atoms with Crippen molar-refractivity contribution in [3.8, 4) is 0 Å². The molecule has 0 fully saturated rings. The highest BCUT2D eigenvalue weighted by atomic mass is 16.5. The molecule has 0 spiro atoms. The van der Waals surface area contributed by atoms with E-state index >= 15 is 0 Å². The summed E-state index contributed by atoms with van der Waals surface area (Å²) in [5.74, 6) is -0.201. The van der Waals surface area contributed by atoms with E-state index in [4.69, 9.17) is 4.74 Å². The topological polar surface area (TPSA) is 38.3 Å². The first kappa shape index (κ1) is 15.3. The summed E-state index contributed by atoms with van der Waals surface area (Å²) in [4.78, 5) is 11.7. The summed E-state index contributed by atoms with van der Waals surface area (Å²) in [5, 5.41) is 3.23. The predicted molar refractivity (Wildman–Crippen MR) is 79.2 cm³/mol. The average molecular weight is 261 g/mol. The van der Waals surface area contributed by atoms with Gasteiger partial charge in [0, 0.05) is 5.69 Å². The molecule has 0 saturated heterocycles. The van der Waals surface area contributed by atoms with Gasteiger partial charge in [-0.3, -0.25) is 0 Å². The van der Waals surface area contributed by atoms with E-state index in [0.717, 1.165) is 37.8 Å². The van der Waals surface area contributed by atoms with Gasteiger partial charge in [-0.25, -0.2) is 4.79 Å². The molecular weight excluding hydrogens is 238 g/mol. The van der Waals surface area contributed by atoms with Crippen LogP contribution in [0.5, 0.6) is 0 Å². The fourth-order valence-electron chi connectivity index (χ4n) is 1.94. The summed E-state index contributed by atoms with van der Waals surface area (Å²) in [6, 6.07) is 9.48. The first-order chi connectivity index (χ1) is 9.27. The number of para-hydroxylation sites is 1. The van der Waals surface area contributed by atoms with Crippen molar-refractivity contribution < 1.29 is 9.53 Å². The minimum absolute atomic E-state index is 0.201. The predicted octanol–water partition coefficient (Wildman–Crippen LogP) is 3.78. The third kappa shape index (κ3) is 6.09. The molecule has 0 aliphatic rings. The third-order valence-electron chi connectivity index (χ3n) is 3.00. The Balaban J connectivity index is 2.43. The van der Waals surface area contributed by atoms with Crippen molar-refractivity contribution in [2.24, 2.45) is 0 Å². The van der Waals surface area contributed by atoms with Gasteiger partial charge in [-0.15, -0.1) is 6.58 Å². The van der Waals surface area contributed by atoms with Crippen molar-refractivity contribution in [3.05, 3.63) is 43.0 Å². The highest BCUT2D eigenvalue weighted by Gasteiger charge is 2.18. The smallest absolute Gasteiger partial charge is 0.328 e. The summed E-state index contributed by atoms with van der Waals surface area (Å²) < 4.78 is 4.85. The number of nitrogens with one attached hydrogen (secondary N) is 1. The molecule has 19 heavy (non-hydrogen) atoms. The van der Waals surface area contributed by atoms with Gasteiger partial charge in [-0.1, -0.05) is 37.1 Å². The fraction of sp³-hybridized carbons (Fsp3) is 0.438. The zero-order valence-corrected chi connectivity index (χ0v) is 11.6. The third-order valence-corrected chi connectivity index (χ3v) is 3.00. The number of ether oxygens (including phenoxy) is 1. The van der Waals surface area contributed by atoms with Crippen LogP contribution in [0.2, 0.25) is 0 Å². The molecule has 0 aliphatic carbocycles. The van der Waals surface area contributed by atoms with Gasteiger partial charge in [0.1, 0.15) is 6.04 Å². The lowest BCUT2D eigenvalue weighted by Crippen LogP contribution is -2.30. The van der Waals surface area contributed by atoms with Crippen molar-refractivity contribution in [1.29, 1.82) is 0 Å². The Labute approximate surface area is 115 Å². The van der Waals surface area contributed by atoms with E-state index in [0.29, 0.717) is 0 Å². The lowest BCUT2D eigenvalue weighted by atomic mass is 10.1. The van der Waals surface area contributed by atoms with Crippen LogP contribution in [0.25, 0.3) is 0 Å². The first-order valence-electron chi connectivity index (χ1n) is 6.78. The van der Waals surface area contributed by atoms with Crippen LogP contribution in [0.15, 0.2) is 43.0 Å². The largest absolute Gasteiger partial charge is 0.467 e. The van der Waals surface area contributed by atoms with Gasteiger partial charge in [-0.05, 0) is 31.4 Å². The minimum Gasteiger partial charge on any atom is -0.467 e. The number of anilines is 1. The molecular formula is C16H23NO2. The lowest BCUT2D eigenvalue weighted by molar-refractivity contribution is -0.141. The van der Waals surface area contributed by atoms with Gasteiger partial charge < -0.3 is 10.1 Å². The van der Waals surface area contributed by atoms with E-state index in [-0.39, 0.29) is 12.0 Å². The second-order valence-corrected chi connectivity index (χ2v) is 4.51. The summed E-state index contributed by atoms with van der Waals surface area (Å²) in [6.45, 7) is 3.70. The van der Waals surface area contributed by atoms with Crippen LogP contribution in [0.3, 0.4) is 0 Å². The standard InChI is InChI=1S/C16H23NO2/c1-3-4-5-6-10-13-15(16(18)19-2)17-14-11-8-7-9-12-14/h3,7-9,11-12,15,17H,1,4-6,10,13H2,2H3. The van der Waals surface area contributed by atoms with E-state index in [1.807, 2.05) is 36.4 Å². The molecule has 3 heteroatoms. The van der Waals surface area contributed by atoms with Crippen LogP contribution in [-0.4, -0.2) is 19.1 Å². The summed E-state index contributed by atoms with van der Waals surface area (Å²) in [5.41, 5.74) is 0.948. The van der Waals surface area contributed by atoms with Gasteiger partial charge in [0.2, 0.25) is 0 Å². The fourth-order valence-corrected chi connectivity index (χ4v) is 1.94. The van der Waals surface area contributed by atoms with Crippen LogP contribution in [0.1, 0.15) is 32.1 Å². The molecule has 3 nitrogen and oxygen atoms in total. The molecule has 0 amide bonds. The Morgan fingerprint density at radius 3 is 2.68 bits per heavy atom. The average Bonchev–Trinajstić information content (AvgIpc) is 2.46. The summed E-state index contributed by atoms with van der Waals surface area (Å²) in [6.07, 6.45) is 7.00. The number of unbranched alkanes of at least 4 members (excludes halogenated alkanes) is 3. The number of carbonyl (C=O) groups excluding carboxylic acids is 1. The maximum absolute atomic E-state index is 11.7. The number of allylic oxidation sites excluding steroid dienone is 1. The van der Waals surface area contributed by atoms with Gasteiger partial charge in [0.05, 0.1) is 7.11 Å². The molecule has 0 bridgehead atoms. The highest BCUT2D eigenvalue weighted by molar-refractivity contribution is 5.79. The van der Waals surface area contributed by atoms with Crippen LogP contribution >= 0.6 is 0 Å². The Hall–Kier alpha value is -1.77. The zero-order chi connectivity index (χ0) is 13.9. The van der Waals surface area contributed by atoms with Gasteiger partial charge in [0.25, 0.3) is 0 Å². The Morgan fingerprint density at radius 2 is 2.05 bits per heavy atom. The Morgan fingerprint density at radius 1 is 1.32 bits per heavy atom. The maximum Gasteiger partial charge on any atom is 0.328 e. The lowest BCUT2D eigenvalue weighted by Gasteiger charge is -2.17. The zero-order valence-electron chi connectivity index (χ0n) is 11.6. The van der Waals surface area contributed by atoms with Crippen molar-refractivity contribution in [2.45, 2.75) is 38.1 Å². The van der Waals surface area contributed by atoms with Crippen molar-refractivity contribution in [2.75, 3.05) is 12.4 Å². The van der Waals surface area contributed by atoms with Crippen LogP contribution in [0.4, 0.5) is 5.69 Å². The molecule has 1 atom stereocenters. The molecule has 0 aromatic heterocycles. The number of esters is 1. The van der Waals surface area contributed by atoms with Crippen molar-refractivity contribution >= 4 is 11.7 Å². The van der Waals surface area contributed by atoms with Crippen molar-refractivity contribution in [1.82, 2.24) is 0 Å². The molecule has 0 aliphatic heterocycles. The van der Waals surface area contributed by atoms with Crippen LogP contribution in [0, 0.1) is 0 Å². The number of hydrogen-bond acceptors (Lipinski definition) is 3. The Kier molecular flexibility index (Phi) is 7.40. The second kappa shape index (κ2) is 9.20. The first-order valence-corrected chi connectivity index (χ1v) is 6.78. The molecule has 0 heterocycles. The SMILES string of the molecule is C=CCCCCCC(Nc1ccccc1)C(=O)OC. The number of benzene rings is 1. The van der Waals surface area contributed by atoms with E-state index in [9.17, 15) is 4.79 Å². The van der Waals surface area contributed by atoms with Crippen LogP contribution < -0.4 is 5.32 Å². The molecule has 1 aromatic rings. The minimum atomic E-state index is -0.267. The normalized spacial score (nSPS) is 11.6. The number of carbonyl (C=O) groups is 1. The van der Waals surface area contributed by atoms with Gasteiger partial charge in [-0.2, -0.15) is 0 Å². The van der Waals surface area contributed by atoms with E-state index in [1.165, 1.54) is 7.11 Å². The number of hydrogen-bond donors (Lipinski definition) is 1. The molecule has 1 N–H and O–H groups in total. The molecule has 0 saturated carbocycles. The van der Waals surface area contributed by atoms with E-state index in [2.05, 4.69) is 11.9 Å².